The number of sulfonamides is 1. The van der Waals surface area contributed by atoms with Crippen molar-refractivity contribution < 1.29 is 35.9 Å². The summed E-state index contributed by atoms with van der Waals surface area (Å²) < 4.78 is 68.0. The highest BCUT2D eigenvalue weighted by Gasteiger charge is 2.30. The van der Waals surface area contributed by atoms with Gasteiger partial charge < -0.3 is 4.74 Å². The molecular weight excluding hydrogens is 453 g/mol. The molecule has 9 nitrogen and oxygen atoms in total. The van der Waals surface area contributed by atoms with Crippen LogP contribution in [0.2, 0.25) is 0 Å². The van der Waals surface area contributed by atoms with Gasteiger partial charge in [0, 0.05) is 24.8 Å². The number of alkyl halides is 3. The summed E-state index contributed by atoms with van der Waals surface area (Å²) >= 11 is 0. The second-order valence-electron chi connectivity index (χ2n) is 6.80. The first-order chi connectivity index (χ1) is 15.1. The molecule has 172 valence electrons. The van der Waals surface area contributed by atoms with Gasteiger partial charge in [0.25, 0.3) is 11.8 Å². The van der Waals surface area contributed by atoms with Crippen LogP contribution < -0.4 is 15.6 Å². The highest BCUT2D eigenvalue weighted by molar-refractivity contribution is 7.89. The SMILES string of the molecule is O=C(NNC(=O)c1cccnc1OCC(F)(F)F)c1ccc(S(=O)(=O)N2CCCC2)cc1. The lowest BCUT2D eigenvalue weighted by molar-refractivity contribution is -0.154. The fraction of sp³-hybridized carbons (Fsp3) is 0.316. The molecular formula is C19H19F3N4O5S. The lowest BCUT2D eigenvalue weighted by atomic mass is 10.2. The Kier molecular flexibility index (Phi) is 6.99. The van der Waals surface area contributed by atoms with Gasteiger partial charge >= 0.3 is 6.18 Å². The van der Waals surface area contributed by atoms with Crippen LogP contribution in [0.3, 0.4) is 0 Å². The van der Waals surface area contributed by atoms with Crippen LogP contribution in [0.25, 0.3) is 0 Å². The number of hydrogen-bond acceptors (Lipinski definition) is 6. The zero-order valence-electron chi connectivity index (χ0n) is 16.6. The molecule has 1 aliphatic rings. The summed E-state index contributed by atoms with van der Waals surface area (Å²) in [6.45, 7) is -0.747. The summed E-state index contributed by atoms with van der Waals surface area (Å²) in [7, 11) is -3.63. The maximum absolute atomic E-state index is 12.5. The van der Waals surface area contributed by atoms with Crippen LogP contribution in [0.1, 0.15) is 33.6 Å². The zero-order valence-corrected chi connectivity index (χ0v) is 17.4. The van der Waals surface area contributed by atoms with Crippen molar-refractivity contribution in [3.05, 3.63) is 53.7 Å². The molecule has 1 aromatic carbocycles. The van der Waals surface area contributed by atoms with E-state index in [0.717, 1.165) is 19.0 Å². The number of nitrogens with one attached hydrogen (secondary N) is 2. The summed E-state index contributed by atoms with van der Waals surface area (Å²) in [5, 5.41) is 0. The van der Waals surface area contributed by atoms with Gasteiger partial charge in [0.15, 0.2) is 6.61 Å². The molecule has 0 radical (unpaired) electrons. The van der Waals surface area contributed by atoms with E-state index in [1.165, 1.54) is 40.7 Å². The molecule has 1 fully saturated rings. The number of pyridine rings is 1. The average molecular weight is 472 g/mol. The predicted molar refractivity (Wildman–Crippen MR) is 105 cm³/mol. The maximum Gasteiger partial charge on any atom is 0.422 e. The molecule has 2 heterocycles. The third kappa shape index (κ3) is 5.73. The minimum Gasteiger partial charge on any atom is -0.467 e. The molecule has 1 saturated heterocycles. The summed E-state index contributed by atoms with van der Waals surface area (Å²) in [5.74, 6) is -2.25. The van der Waals surface area contributed by atoms with Crippen LogP contribution in [-0.2, 0) is 10.0 Å². The molecule has 3 rings (SSSR count). The van der Waals surface area contributed by atoms with Gasteiger partial charge in [-0.2, -0.15) is 17.5 Å². The number of halogens is 3. The number of carbonyl (C=O) groups is 2. The number of carbonyl (C=O) groups excluding carboxylic acids is 2. The molecule has 2 aromatic rings. The van der Waals surface area contributed by atoms with E-state index in [2.05, 4.69) is 20.6 Å². The molecule has 2 N–H and O–H groups in total. The first-order valence-corrected chi connectivity index (χ1v) is 10.9. The largest absolute Gasteiger partial charge is 0.467 e. The molecule has 32 heavy (non-hydrogen) atoms. The van der Waals surface area contributed by atoms with Crippen molar-refractivity contribution in [1.29, 1.82) is 0 Å². The molecule has 0 spiro atoms. The summed E-state index contributed by atoms with van der Waals surface area (Å²) in [6, 6.07) is 7.64. The molecule has 0 bridgehead atoms. The Morgan fingerprint density at radius 2 is 1.66 bits per heavy atom. The second kappa shape index (κ2) is 9.53. The molecule has 0 unspecified atom stereocenters. The van der Waals surface area contributed by atoms with Gasteiger partial charge in [0.05, 0.1) is 4.90 Å². The molecule has 1 aliphatic heterocycles. The van der Waals surface area contributed by atoms with Gasteiger partial charge in [-0.25, -0.2) is 13.4 Å². The average Bonchev–Trinajstić information content (AvgIpc) is 3.31. The van der Waals surface area contributed by atoms with E-state index in [1.54, 1.807) is 0 Å². The van der Waals surface area contributed by atoms with E-state index in [9.17, 15) is 31.2 Å². The van der Waals surface area contributed by atoms with Gasteiger partial charge in [-0.05, 0) is 49.2 Å². The van der Waals surface area contributed by atoms with Crippen molar-refractivity contribution >= 4 is 21.8 Å². The van der Waals surface area contributed by atoms with Crippen molar-refractivity contribution in [2.75, 3.05) is 19.7 Å². The van der Waals surface area contributed by atoms with Crippen molar-refractivity contribution in [1.82, 2.24) is 20.1 Å². The molecule has 0 atom stereocenters. The standard InChI is InChI=1S/C19H19F3N4O5S/c20-19(21,22)12-31-18-15(4-3-9-23-18)17(28)25-24-16(27)13-5-7-14(8-6-13)32(29,30)26-10-1-2-11-26/h3-9H,1-2,10-12H2,(H,24,27)(H,25,28). The smallest absolute Gasteiger partial charge is 0.422 e. The summed E-state index contributed by atoms with van der Waals surface area (Å²) in [5.41, 5.74) is 3.91. The number of aromatic nitrogens is 1. The molecule has 0 aliphatic carbocycles. The van der Waals surface area contributed by atoms with Crippen molar-refractivity contribution in [3.8, 4) is 5.88 Å². The van der Waals surface area contributed by atoms with E-state index in [4.69, 9.17) is 0 Å². The van der Waals surface area contributed by atoms with Gasteiger partial charge in [-0.15, -0.1) is 0 Å². The maximum atomic E-state index is 12.5. The number of benzene rings is 1. The minimum atomic E-state index is -4.62. The normalized spacial score (nSPS) is 14.7. The van der Waals surface area contributed by atoms with Gasteiger partial charge in [0.1, 0.15) is 5.56 Å². The number of ether oxygens (including phenoxy) is 1. The van der Waals surface area contributed by atoms with Crippen LogP contribution in [0.5, 0.6) is 5.88 Å². The van der Waals surface area contributed by atoms with Crippen LogP contribution >= 0.6 is 0 Å². The van der Waals surface area contributed by atoms with E-state index in [1.807, 2.05) is 0 Å². The Hall–Kier alpha value is -3.19. The van der Waals surface area contributed by atoms with Crippen LogP contribution in [0.15, 0.2) is 47.5 Å². The Bertz CT molecular complexity index is 1080. The number of hydrogen-bond donors (Lipinski definition) is 2. The fourth-order valence-electron chi connectivity index (χ4n) is 2.94. The fourth-order valence-corrected chi connectivity index (χ4v) is 4.45. The highest BCUT2D eigenvalue weighted by atomic mass is 32.2. The number of amides is 2. The van der Waals surface area contributed by atoms with Crippen LogP contribution in [0.4, 0.5) is 13.2 Å². The first-order valence-electron chi connectivity index (χ1n) is 9.43. The predicted octanol–water partition coefficient (Wildman–Crippen LogP) is 1.88. The Balaban J connectivity index is 1.62. The Morgan fingerprint density at radius 1 is 1.03 bits per heavy atom. The van der Waals surface area contributed by atoms with Gasteiger partial charge in [-0.1, -0.05) is 0 Å². The van der Waals surface area contributed by atoms with Gasteiger partial charge in [-0.3, -0.25) is 20.4 Å². The summed E-state index contributed by atoms with van der Waals surface area (Å²) in [4.78, 5) is 28.1. The van der Waals surface area contributed by atoms with Gasteiger partial charge in [0.2, 0.25) is 15.9 Å². The highest BCUT2D eigenvalue weighted by Crippen LogP contribution is 2.21. The number of rotatable bonds is 6. The van der Waals surface area contributed by atoms with Crippen molar-refractivity contribution in [3.63, 3.8) is 0 Å². The Morgan fingerprint density at radius 3 is 2.28 bits per heavy atom. The van der Waals surface area contributed by atoms with Crippen LogP contribution in [0, 0.1) is 0 Å². The van der Waals surface area contributed by atoms with Crippen LogP contribution in [-0.4, -0.2) is 55.4 Å². The minimum absolute atomic E-state index is 0.0433. The van der Waals surface area contributed by atoms with E-state index < -0.39 is 40.5 Å². The lowest BCUT2D eigenvalue weighted by Gasteiger charge is -2.15. The lowest BCUT2D eigenvalue weighted by Crippen LogP contribution is -2.41. The number of nitrogens with zero attached hydrogens (tertiary/aromatic N) is 2. The first kappa shape index (κ1) is 23.5. The molecule has 0 saturated carbocycles. The van der Waals surface area contributed by atoms with Crippen molar-refractivity contribution in [2.24, 2.45) is 0 Å². The quantitative estimate of drug-likeness (QED) is 0.620. The summed E-state index contributed by atoms with van der Waals surface area (Å²) in [6.07, 6.45) is -1.88. The molecule has 2 amide bonds. The molecule has 13 heteroatoms. The second-order valence-corrected chi connectivity index (χ2v) is 8.74. The third-order valence-corrected chi connectivity index (χ3v) is 6.41. The zero-order chi connectivity index (χ0) is 23.4. The Labute approximate surface area is 181 Å². The third-order valence-electron chi connectivity index (χ3n) is 4.50. The molecule has 1 aromatic heterocycles. The van der Waals surface area contributed by atoms with E-state index in [0.29, 0.717) is 13.1 Å². The van der Waals surface area contributed by atoms with E-state index >= 15 is 0 Å². The monoisotopic (exact) mass is 472 g/mol. The van der Waals surface area contributed by atoms with Crippen molar-refractivity contribution in [2.45, 2.75) is 23.9 Å². The van der Waals surface area contributed by atoms with E-state index in [-0.39, 0.29) is 16.0 Å². The topological polar surface area (TPSA) is 118 Å². The number of hydrazine groups is 1.